The average Bonchev–Trinajstić information content (AvgIpc) is 3.09. The molecule has 0 unspecified atom stereocenters. The topological polar surface area (TPSA) is 101 Å². The van der Waals surface area contributed by atoms with Crippen LogP contribution in [0.3, 0.4) is 0 Å². The van der Waals surface area contributed by atoms with Crippen LogP contribution in [0.15, 0.2) is 34.2 Å². The number of hydrogen-bond donors (Lipinski definition) is 1. The number of fused-ring (bicyclic) bond motifs is 1. The Bertz CT molecular complexity index is 1350. The van der Waals surface area contributed by atoms with Crippen LogP contribution < -0.4 is 10.5 Å². The number of aromatic nitrogens is 4. The van der Waals surface area contributed by atoms with Crippen LogP contribution in [0.5, 0.6) is 0 Å². The minimum atomic E-state index is -3.70. The second-order valence-corrected chi connectivity index (χ2v) is 10.0. The summed E-state index contributed by atoms with van der Waals surface area (Å²) in [6.45, 7) is 2.31. The van der Waals surface area contributed by atoms with E-state index < -0.39 is 21.8 Å². The van der Waals surface area contributed by atoms with E-state index in [4.69, 9.17) is 11.6 Å². The third-order valence-corrected chi connectivity index (χ3v) is 6.82. The lowest BCUT2D eigenvalue weighted by Gasteiger charge is -2.29. The van der Waals surface area contributed by atoms with Gasteiger partial charge in [-0.2, -0.15) is 10.2 Å². The zero-order chi connectivity index (χ0) is 23.2. The number of aryl methyl sites for hydroxylation is 1. The summed E-state index contributed by atoms with van der Waals surface area (Å²) >= 11 is 6.12. The van der Waals surface area contributed by atoms with Crippen molar-refractivity contribution in [3.05, 3.63) is 67.7 Å². The van der Waals surface area contributed by atoms with Gasteiger partial charge in [-0.1, -0.05) is 35.4 Å². The largest absolute Gasteiger partial charge is 0.364 e. The third-order valence-electron chi connectivity index (χ3n) is 5.42. The molecule has 0 bridgehead atoms. The van der Waals surface area contributed by atoms with Gasteiger partial charge in [-0.05, 0) is 12.5 Å². The highest BCUT2D eigenvalue weighted by Gasteiger charge is 2.31. The van der Waals surface area contributed by atoms with Gasteiger partial charge in [0.15, 0.2) is 14.9 Å². The Balaban J connectivity index is 1.77. The van der Waals surface area contributed by atoms with E-state index >= 15 is 0 Å². The maximum atomic E-state index is 13.6. The molecule has 170 valence electrons. The molecular weight excluding hydrogens is 464 g/mol. The molecule has 0 saturated heterocycles. The molecule has 1 N–H and O–H groups in total. The van der Waals surface area contributed by atoms with Gasteiger partial charge in [-0.15, -0.1) is 0 Å². The smallest absolute Gasteiger partial charge is 0.285 e. The Morgan fingerprint density at radius 1 is 1.31 bits per heavy atom. The number of benzene rings is 1. The molecule has 3 aromatic rings. The summed E-state index contributed by atoms with van der Waals surface area (Å²) < 4.78 is 53.5. The van der Waals surface area contributed by atoms with Crippen molar-refractivity contribution < 1.29 is 17.2 Å². The highest BCUT2D eigenvalue weighted by atomic mass is 35.5. The predicted octanol–water partition coefficient (Wildman–Crippen LogP) is 2.88. The van der Waals surface area contributed by atoms with E-state index in [2.05, 4.69) is 15.3 Å². The molecule has 0 radical (unpaired) electrons. The Hall–Kier alpha value is -2.79. The van der Waals surface area contributed by atoms with Crippen molar-refractivity contribution in [2.45, 2.75) is 37.9 Å². The molecule has 0 atom stereocenters. The maximum Gasteiger partial charge on any atom is 0.285 e. The van der Waals surface area contributed by atoms with Crippen molar-refractivity contribution >= 4 is 27.1 Å². The first-order valence-corrected chi connectivity index (χ1v) is 12.0. The molecule has 0 aliphatic carbocycles. The van der Waals surface area contributed by atoms with Gasteiger partial charge >= 0.3 is 0 Å². The number of nitrogens with zero attached hydrogens (tertiary/aromatic N) is 4. The number of nitrogens with one attached hydrogen (secondary N) is 1. The second-order valence-electron chi connectivity index (χ2n) is 7.73. The number of aromatic amines is 1. The van der Waals surface area contributed by atoms with Crippen LogP contribution in [0.4, 0.5) is 14.5 Å². The van der Waals surface area contributed by atoms with Gasteiger partial charge in [0.25, 0.3) is 12.0 Å². The fourth-order valence-corrected chi connectivity index (χ4v) is 5.00. The normalized spacial score (nSPS) is 14.1. The van der Waals surface area contributed by atoms with Crippen molar-refractivity contribution in [1.29, 1.82) is 0 Å². The lowest BCUT2D eigenvalue weighted by atomic mass is 10.0. The van der Waals surface area contributed by atoms with E-state index in [9.17, 15) is 22.0 Å². The Morgan fingerprint density at radius 2 is 2.06 bits per heavy atom. The van der Waals surface area contributed by atoms with E-state index in [0.29, 0.717) is 41.0 Å². The lowest BCUT2D eigenvalue weighted by molar-refractivity contribution is 0.150. The first kappa shape index (κ1) is 22.4. The highest BCUT2D eigenvalue weighted by molar-refractivity contribution is 7.90. The molecule has 2 aromatic heterocycles. The Labute approximate surface area is 187 Å². The van der Waals surface area contributed by atoms with E-state index in [-0.39, 0.29) is 28.7 Å². The monoisotopic (exact) mass is 483 g/mol. The molecular formula is C20H20ClF2N5O3S. The standard InChI is InChI=1S/C20H20ClF2N5O3S/c1-11-3-4-12(13(7-11)18(22)23)9-28-15-5-6-27(16-8-24-25-19(29)17(16)21)10-14(15)20(26-28)32(2,30)31/h3-4,7-8,18H,5-6,9-10H2,1-2H3,(H,25,29). The highest BCUT2D eigenvalue weighted by Crippen LogP contribution is 2.32. The average molecular weight is 484 g/mol. The van der Waals surface area contributed by atoms with Crippen LogP contribution in [0.25, 0.3) is 0 Å². The van der Waals surface area contributed by atoms with E-state index in [1.165, 1.54) is 16.9 Å². The number of alkyl halides is 2. The lowest BCUT2D eigenvalue weighted by Crippen LogP contribution is -2.33. The van der Waals surface area contributed by atoms with E-state index in [1.807, 2.05) is 0 Å². The number of hydrogen-bond acceptors (Lipinski definition) is 6. The maximum absolute atomic E-state index is 13.6. The predicted molar refractivity (Wildman–Crippen MR) is 115 cm³/mol. The van der Waals surface area contributed by atoms with Gasteiger partial charge in [0.05, 0.1) is 18.4 Å². The van der Waals surface area contributed by atoms with Crippen LogP contribution in [-0.4, -0.2) is 41.2 Å². The molecule has 12 heteroatoms. The Morgan fingerprint density at radius 3 is 2.75 bits per heavy atom. The SMILES string of the molecule is Cc1ccc(Cn2nc(S(C)(=O)=O)c3c2CCN(c2cn[nH]c(=O)c2Cl)C3)c(C(F)F)c1. The van der Waals surface area contributed by atoms with Gasteiger partial charge in [-0.25, -0.2) is 22.3 Å². The van der Waals surface area contributed by atoms with Crippen molar-refractivity contribution in [1.82, 2.24) is 20.0 Å². The van der Waals surface area contributed by atoms with Gasteiger partial charge in [0.1, 0.15) is 5.02 Å². The molecule has 0 amide bonds. The van der Waals surface area contributed by atoms with Crippen molar-refractivity contribution in [2.24, 2.45) is 0 Å². The minimum Gasteiger partial charge on any atom is -0.364 e. The Kier molecular flexibility index (Phi) is 5.80. The van der Waals surface area contributed by atoms with E-state index in [0.717, 1.165) is 6.26 Å². The molecule has 32 heavy (non-hydrogen) atoms. The van der Waals surface area contributed by atoms with Gasteiger partial charge in [0.2, 0.25) is 0 Å². The molecule has 0 saturated carbocycles. The van der Waals surface area contributed by atoms with Crippen LogP contribution >= 0.6 is 11.6 Å². The minimum absolute atomic E-state index is 0.0190. The first-order valence-electron chi connectivity index (χ1n) is 9.70. The quantitative estimate of drug-likeness (QED) is 0.599. The van der Waals surface area contributed by atoms with Crippen molar-refractivity contribution in [3.63, 3.8) is 0 Å². The molecule has 0 spiro atoms. The summed E-state index contributed by atoms with van der Waals surface area (Å²) in [6, 6.07) is 4.78. The summed E-state index contributed by atoms with van der Waals surface area (Å²) in [5.74, 6) is 0. The summed E-state index contributed by atoms with van der Waals surface area (Å²) in [7, 11) is -3.70. The summed E-state index contributed by atoms with van der Waals surface area (Å²) in [5, 5.41) is 10.1. The first-order chi connectivity index (χ1) is 15.1. The van der Waals surface area contributed by atoms with Crippen LogP contribution in [-0.2, 0) is 29.3 Å². The van der Waals surface area contributed by atoms with Gasteiger partial charge in [0, 0.05) is 42.6 Å². The van der Waals surface area contributed by atoms with Crippen LogP contribution in [0, 0.1) is 6.92 Å². The number of halogens is 3. The molecule has 0 fully saturated rings. The summed E-state index contributed by atoms with van der Waals surface area (Å²) in [4.78, 5) is 13.6. The molecule has 1 aromatic carbocycles. The van der Waals surface area contributed by atoms with Gasteiger partial charge < -0.3 is 4.90 Å². The molecule has 4 rings (SSSR count). The van der Waals surface area contributed by atoms with Gasteiger partial charge in [-0.3, -0.25) is 9.48 Å². The van der Waals surface area contributed by atoms with E-state index in [1.54, 1.807) is 24.0 Å². The van der Waals surface area contributed by atoms with Crippen molar-refractivity contribution in [3.8, 4) is 0 Å². The summed E-state index contributed by atoms with van der Waals surface area (Å²) in [5.41, 5.74) is 1.92. The molecule has 3 heterocycles. The fraction of sp³-hybridized carbons (Fsp3) is 0.350. The number of sulfone groups is 1. The summed E-state index contributed by atoms with van der Waals surface area (Å²) in [6.07, 6.45) is 0.182. The number of rotatable bonds is 5. The van der Waals surface area contributed by atoms with Crippen molar-refractivity contribution in [2.75, 3.05) is 17.7 Å². The zero-order valence-electron chi connectivity index (χ0n) is 17.3. The molecule has 8 nitrogen and oxygen atoms in total. The second kappa shape index (κ2) is 8.28. The van der Waals surface area contributed by atoms with Crippen LogP contribution in [0.2, 0.25) is 5.02 Å². The van der Waals surface area contributed by atoms with Crippen LogP contribution in [0.1, 0.15) is 34.4 Å². The molecule has 1 aliphatic rings. The zero-order valence-corrected chi connectivity index (χ0v) is 18.8. The number of anilines is 1. The fourth-order valence-electron chi connectivity index (χ4n) is 3.91. The molecule has 1 aliphatic heterocycles. The number of H-pyrrole nitrogens is 1. The third kappa shape index (κ3) is 4.14.